The summed E-state index contributed by atoms with van der Waals surface area (Å²) in [6, 6.07) is 11.2. The summed E-state index contributed by atoms with van der Waals surface area (Å²) in [4.78, 5) is 21.1. The topological polar surface area (TPSA) is 80.0 Å². The molecule has 0 radical (unpaired) electrons. The van der Waals surface area contributed by atoms with Crippen molar-refractivity contribution in [2.75, 3.05) is 10.6 Å². The van der Waals surface area contributed by atoms with Gasteiger partial charge in [0.2, 0.25) is 0 Å². The maximum absolute atomic E-state index is 12.5. The van der Waals surface area contributed by atoms with Gasteiger partial charge in [-0.15, -0.1) is 0 Å². The molecule has 128 valence electrons. The molecule has 3 rings (SSSR count). The Balaban J connectivity index is 1.75. The minimum absolute atomic E-state index is 0.265. The van der Waals surface area contributed by atoms with Crippen LogP contribution in [0, 0.1) is 20.8 Å². The van der Waals surface area contributed by atoms with E-state index in [1.54, 1.807) is 19.3 Å². The van der Waals surface area contributed by atoms with Gasteiger partial charge in [-0.3, -0.25) is 4.79 Å². The molecule has 1 aromatic carbocycles. The largest absolute Gasteiger partial charge is 0.467 e. The van der Waals surface area contributed by atoms with Crippen molar-refractivity contribution in [3.8, 4) is 0 Å². The highest BCUT2D eigenvalue weighted by Gasteiger charge is 2.12. The molecular weight excluding hydrogens is 316 g/mol. The van der Waals surface area contributed by atoms with E-state index in [-0.39, 0.29) is 5.91 Å². The number of nitrogens with zero attached hydrogens (tertiary/aromatic N) is 2. The van der Waals surface area contributed by atoms with Gasteiger partial charge < -0.3 is 15.1 Å². The van der Waals surface area contributed by atoms with E-state index < -0.39 is 0 Å². The number of hydrogen-bond acceptors (Lipinski definition) is 5. The molecule has 0 aliphatic rings. The highest BCUT2D eigenvalue weighted by Crippen LogP contribution is 2.17. The van der Waals surface area contributed by atoms with Crippen LogP contribution in [0.5, 0.6) is 0 Å². The first kappa shape index (κ1) is 16.7. The second kappa shape index (κ2) is 7.17. The molecule has 0 unspecified atom stereocenters. The Labute approximate surface area is 146 Å². The first-order chi connectivity index (χ1) is 12.0. The van der Waals surface area contributed by atoms with Crippen molar-refractivity contribution in [2.45, 2.75) is 27.3 Å². The molecule has 0 bridgehead atoms. The van der Waals surface area contributed by atoms with Gasteiger partial charge in [0.15, 0.2) is 0 Å². The van der Waals surface area contributed by atoms with Crippen LogP contribution in [-0.4, -0.2) is 15.9 Å². The number of benzene rings is 1. The quantitative estimate of drug-likeness (QED) is 0.739. The molecule has 3 aromatic rings. The number of hydrogen-bond donors (Lipinski definition) is 2. The fourth-order valence-corrected chi connectivity index (χ4v) is 2.51. The van der Waals surface area contributed by atoms with Crippen LogP contribution in [0.15, 0.2) is 47.1 Å². The first-order valence-electron chi connectivity index (χ1n) is 8.02. The number of rotatable bonds is 5. The highest BCUT2D eigenvalue weighted by molar-refractivity contribution is 6.03. The first-order valence-corrected chi connectivity index (χ1v) is 8.02. The molecule has 2 aromatic heterocycles. The minimum Gasteiger partial charge on any atom is -0.467 e. The van der Waals surface area contributed by atoms with Crippen LogP contribution in [0.3, 0.4) is 0 Å². The van der Waals surface area contributed by atoms with Gasteiger partial charge in [0, 0.05) is 11.8 Å². The van der Waals surface area contributed by atoms with Crippen molar-refractivity contribution >= 4 is 17.4 Å². The molecule has 2 N–H and O–H groups in total. The van der Waals surface area contributed by atoms with Crippen LogP contribution >= 0.6 is 0 Å². The van der Waals surface area contributed by atoms with E-state index in [0.29, 0.717) is 23.9 Å². The second-order valence-corrected chi connectivity index (χ2v) is 5.89. The number of furan rings is 1. The summed E-state index contributed by atoms with van der Waals surface area (Å²) in [5.74, 6) is 1.63. The molecule has 0 saturated carbocycles. The summed E-state index contributed by atoms with van der Waals surface area (Å²) in [5.41, 5.74) is 3.25. The lowest BCUT2D eigenvalue weighted by Crippen LogP contribution is -2.16. The highest BCUT2D eigenvalue weighted by atomic mass is 16.3. The normalized spacial score (nSPS) is 10.5. The smallest absolute Gasteiger partial charge is 0.274 e. The van der Waals surface area contributed by atoms with Crippen LogP contribution in [0.25, 0.3) is 0 Å². The lowest BCUT2D eigenvalue weighted by atomic mass is 10.1. The van der Waals surface area contributed by atoms with Gasteiger partial charge in [-0.25, -0.2) is 9.97 Å². The number of aryl methyl sites for hydroxylation is 3. The van der Waals surface area contributed by atoms with Crippen LogP contribution < -0.4 is 10.6 Å². The Bertz CT molecular complexity index is 888. The van der Waals surface area contributed by atoms with E-state index in [9.17, 15) is 4.79 Å². The molecule has 0 atom stereocenters. The summed E-state index contributed by atoms with van der Waals surface area (Å²) in [7, 11) is 0. The average Bonchev–Trinajstić information content (AvgIpc) is 3.08. The van der Waals surface area contributed by atoms with Gasteiger partial charge >= 0.3 is 0 Å². The molecule has 0 fully saturated rings. The Morgan fingerprint density at radius 2 is 1.96 bits per heavy atom. The second-order valence-electron chi connectivity index (χ2n) is 5.89. The third-order valence-corrected chi connectivity index (χ3v) is 3.72. The lowest BCUT2D eigenvalue weighted by molar-refractivity contribution is 0.102. The van der Waals surface area contributed by atoms with Crippen molar-refractivity contribution in [1.29, 1.82) is 0 Å². The average molecular weight is 336 g/mol. The zero-order valence-corrected chi connectivity index (χ0v) is 14.5. The summed E-state index contributed by atoms with van der Waals surface area (Å²) >= 11 is 0. The number of aromatic nitrogens is 2. The fourth-order valence-electron chi connectivity index (χ4n) is 2.51. The van der Waals surface area contributed by atoms with Crippen molar-refractivity contribution in [3.63, 3.8) is 0 Å². The summed E-state index contributed by atoms with van der Waals surface area (Å²) in [6.45, 7) is 6.22. The van der Waals surface area contributed by atoms with E-state index in [4.69, 9.17) is 4.42 Å². The minimum atomic E-state index is -0.265. The van der Waals surface area contributed by atoms with E-state index in [1.807, 2.05) is 44.2 Å². The van der Waals surface area contributed by atoms with Crippen molar-refractivity contribution in [3.05, 3.63) is 71.1 Å². The van der Waals surface area contributed by atoms with E-state index in [0.717, 1.165) is 22.6 Å². The van der Waals surface area contributed by atoms with Crippen LogP contribution in [0.4, 0.5) is 11.5 Å². The number of anilines is 2. The molecule has 0 aliphatic carbocycles. The van der Waals surface area contributed by atoms with Gasteiger partial charge in [-0.05, 0) is 44.5 Å². The lowest BCUT2D eigenvalue weighted by Gasteiger charge is -2.10. The van der Waals surface area contributed by atoms with E-state index in [1.165, 1.54) is 0 Å². The van der Waals surface area contributed by atoms with E-state index in [2.05, 4.69) is 20.6 Å². The molecule has 1 amide bonds. The Kier molecular flexibility index (Phi) is 4.79. The summed E-state index contributed by atoms with van der Waals surface area (Å²) in [6.07, 6.45) is 1.62. The Morgan fingerprint density at radius 3 is 2.68 bits per heavy atom. The van der Waals surface area contributed by atoms with Gasteiger partial charge in [-0.2, -0.15) is 0 Å². The zero-order valence-electron chi connectivity index (χ0n) is 14.5. The number of carbonyl (C=O) groups is 1. The molecule has 0 saturated heterocycles. The molecule has 6 nitrogen and oxygen atoms in total. The fraction of sp³-hybridized carbons (Fsp3) is 0.211. The molecule has 25 heavy (non-hydrogen) atoms. The molecule has 0 spiro atoms. The van der Waals surface area contributed by atoms with Crippen molar-refractivity contribution < 1.29 is 9.21 Å². The SMILES string of the molecule is Cc1ccc(NC(=O)c2cc(NCc3ccco3)nc(C)n2)c(C)c1. The number of carbonyl (C=O) groups excluding carboxylic acids is 1. The molecule has 6 heteroatoms. The van der Waals surface area contributed by atoms with Gasteiger partial charge in [0.1, 0.15) is 23.1 Å². The maximum Gasteiger partial charge on any atom is 0.274 e. The third kappa shape index (κ3) is 4.23. The Morgan fingerprint density at radius 1 is 1.12 bits per heavy atom. The van der Waals surface area contributed by atoms with Gasteiger partial charge in [-0.1, -0.05) is 17.7 Å². The number of nitrogens with one attached hydrogen (secondary N) is 2. The van der Waals surface area contributed by atoms with E-state index >= 15 is 0 Å². The molecule has 2 heterocycles. The zero-order chi connectivity index (χ0) is 17.8. The summed E-state index contributed by atoms with van der Waals surface area (Å²) < 4.78 is 5.28. The predicted octanol–water partition coefficient (Wildman–Crippen LogP) is 3.86. The van der Waals surface area contributed by atoms with Crippen LogP contribution in [-0.2, 0) is 6.54 Å². The van der Waals surface area contributed by atoms with Gasteiger partial charge in [0.05, 0.1) is 12.8 Å². The Hall–Kier alpha value is -3.15. The van der Waals surface area contributed by atoms with Crippen molar-refractivity contribution in [2.24, 2.45) is 0 Å². The summed E-state index contributed by atoms with van der Waals surface area (Å²) in [5, 5.41) is 6.04. The standard InChI is InChI=1S/C19H20N4O2/c1-12-6-7-16(13(2)9-12)23-19(24)17-10-18(22-14(3)21-17)20-11-15-5-4-8-25-15/h4-10H,11H2,1-3H3,(H,23,24)(H,20,21,22). The third-order valence-electron chi connectivity index (χ3n) is 3.72. The van der Waals surface area contributed by atoms with Gasteiger partial charge in [0.25, 0.3) is 5.91 Å². The monoisotopic (exact) mass is 336 g/mol. The van der Waals surface area contributed by atoms with Crippen molar-refractivity contribution in [1.82, 2.24) is 9.97 Å². The van der Waals surface area contributed by atoms with Crippen LogP contribution in [0.1, 0.15) is 33.2 Å². The maximum atomic E-state index is 12.5. The predicted molar refractivity (Wildman–Crippen MR) is 96.7 cm³/mol. The van der Waals surface area contributed by atoms with Crippen LogP contribution in [0.2, 0.25) is 0 Å². The number of amides is 1. The molecule has 0 aliphatic heterocycles. The molecular formula is C19H20N4O2.